The van der Waals surface area contributed by atoms with Gasteiger partial charge in [0.1, 0.15) is 0 Å². The number of nitrogens with one attached hydrogen (secondary N) is 1. The maximum absolute atomic E-state index is 5.24. The van der Waals surface area contributed by atoms with Crippen LogP contribution >= 0.6 is 0 Å². The van der Waals surface area contributed by atoms with Gasteiger partial charge in [0.25, 0.3) is 0 Å². The number of rotatable bonds is 5. The van der Waals surface area contributed by atoms with Crippen LogP contribution in [0.3, 0.4) is 0 Å². The van der Waals surface area contributed by atoms with Gasteiger partial charge in [-0.3, -0.25) is 0 Å². The minimum atomic E-state index is 0.334. The average molecular weight is 241 g/mol. The molecule has 2 heteroatoms. The van der Waals surface area contributed by atoms with E-state index in [1.807, 2.05) is 0 Å². The van der Waals surface area contributed by atoms with Gasteiger partial charge in [-0.25, -0.2) is 0 Å². The Morgan fingerprint density at radius 3 is 2.24 bits per heavy atom. The van der Waals surface area contributed by atoms with E-state index in [9.17, 15) is 0 Å². The van der Waals surface area contributed by atoms with Crippen LogP contribution in [-0.2, 0) is 4.74 Å². The van der Waals surface area contributed by atoms with Crippen molar-refractivity contribution in [2.75, 3.05) is 20.2 Å². The van der Waals surface area contributed by atoms with E-state index in [1.165, 1.54) is 32.2 Å². The molecule has 1 unspecified atom stereocenters. The standard InChI is InChI=1S/C15H31NO/c1-12(17-5)10-16-11-13-6-8-14(9-7-13)15(2,3)4/h12-14,16H,6-11H2,1-5H3. The number of hydrogen-bond donors (Lipinski definition) is 1. The number of hydrogen-bond acceptors (Lipinski definition) is 2. The average Bonchev–Trinajstić information content (AvgIpc) is 2.28. The van der Waals surface area contributed by atoms with E-state index < -0.39 is 0 Å². The van der Waals surface area contributed by atoms with Crippen LogP contribution in [0.1, 0.15) is 53.4 Å². The highest BCUT2D eigenvalue weighted by molar-refractivity contribution is 4.81. The Labute approximate surface area is 108 Å². The van der Waals surface area contributed by atoms with Crippen LogP contribution in [0.2, 0.25) is 0 Å². The highest BCUT2D eigenvalue weighted by Crippen LogP contribution is 2.39. The Bertz CT molecular complexity index is 201. The van der Waals surface area contributed by atoms with Gasteiger partial charge >= 0.3 is 0 Å². The summed E-state index contributed by atoms with van der Waals surface area (Å²) in [5.74, 6) is 1.81. The van der Waals surface area contributed by atoms with Crippen molar-refractivity contribution >= 4 is 0 Å². The molecule has 0 bridgehead atoms. The van der Waals surface area contributed by atoms with Crippen LogP contribution in [0.4, 0.5) is 0 Å². The Kier molecular flexibility index (Phi) is 5.94. The summed E-state index contributed by atoms with van der Waals surface area (Å²) >= 11 is 0. The summed E-state index contributed by atoms with van der Waals surface area (Å²) < 4.78 is 5.24. The fourth-order valence-electron chi connectivity index (χ4n) is 2.81. The van der Waals surface area contributed by atoms with E-state index in [0.717, 1.165) is 18.4 Å². The number of ether oxygens (including phenoxy) is 1. The predicted octanol–water partition coefficient (Wildman–Crippen LogP) is 3.46. The zero-order valence-corrected chi connectivity index (χ0v) is 12.4. The Morgan fingerprint density at radius 1 is 1.18 bits per heavy atom. The summed E-state index contributed by atoms with van der Waals surface area (Å²) in [5.41, 5.74) is 0.503. The molecule has 1 atom stereocenters. The minimum Gasteiger partial charge on any atom is -0.380 e. The van der Waals surface area contributed by atoms with Crippen molar-refractivity contribution in [1.29, 1.82) is 0 Å². The first-order chi connectivity index (χ1) is 7.93. The van der Waals surface area contributed by atoms with Crippen LogP contribution < -0.4 is 5.32 Å². The summed E-state index contributed by atoms with van der Waals surface area (Å²) in [6, 6.07) is 0. The quantitative estimate of drug-likeness (QED) is 0.796. The lowest BCUT2D eigenvalue weighted by atomic mass is 9.70. The minimum absolute atomic E-state index is 0.334. The Balaban J connectivity index is 2.15. The van der Waals surface area contributed by atoms with Gasteiger partial charge in [0, 0.05) is 13.7 Å². The lowest BCUT2D eigenvalue weighted by Crippen LogP contribution is -2.33. The van der Waals surface area contributed by atoms with Crippen molar-refractivity contribution < 1.29 is 4.74 Å². The molecule has 102 valence electrons. The van der Waals surface area contributed by atoms with Crippen molar-refractivity contribution in [2.45, 2.75) is 59.5 Å². The molecule has 17 heavy (non-hydrogen) atoms. The van der Waals surface area contributed by atoms with Crippen LogP contribution in [0.25, 0.3) is 0 Å². The molecule has 1 fully saturated rings. The molecule has 1 rings (SSSR count). The van der Waals surface area contributed by atoms with E-state index in [-0.39, 0.29) is 0 Å². The summed E-state index contributed by atoms with van der Waals surface area (Å²) in [5, 5.41) is 3.53. The fourth-order valence-corrected chi connectivity index (χ4v) is 2.81. The molecular weight excluding hydrogens is 210 g/mol. The highest BCUT2D eigenvalue weighted by Gasteiger charge is 2.29. The molecule has 1 aliphatic carbocycles. The lowest BCUT2D eigenvalue weighted by molar-refractivity contribution is 0.112. The van der Waals surface area contributed by atoms with Gasteiger partial charge in [-0.15, -0.1) is 0 Å². The van der Waals surface area contributed by atoms with Gasteiger partial charge in [0.05, 0.1) is 6.10 Å². The molecule has 1 aliphatic rings. The van der Waals surface area contributed by atoms with Crippen LogP contribution in [0.5, 0.6) is 0 Å². The maximum atomic E-state index is 5.24. The SMILES string of the molecule is COC(C)CNCC1CCC(C(C)(C)C)CC1. The third-order valence-corrected chi connectivity index (χ3v) is 4.34. The number of methoxy groups -OCH3 is 1. The Hall–Kier alpha value is -0.0800. The van der Waals surface area contributed by atoms with Crippen LogP contribution in [0.15, 0.2) is 0 Å². The van der Waals surface area contributed by atoms with Gasteiger partial charge in [0.2, 0.25) is 0 Å². The third-order valence-electron chi connectivity index (χ3n) is 4.34. The van der Waals surface area contributed by atoms with Gasteiger partial charge in [-0.2, -0.15) is 0 Å². The van der Waals surface area contributed by atoms with E-state index in [0.29, 0.717) is 11.5 Å². The molecule has 0 aromatic rings. The fraction of sp³-hybridized carbons (Fsp3) is 1.00. The summed E-state index contributed by atoms with van der Waals surface area (Å²) in [6.45, 7) is 11.4. The summed E-state index contributed by atoms with van der Waals surface area (Å²) in [4.78, 5) is 0. The van der Waals surface area contributed by atoms with Gasteiger partial charge in [-0.1, -0.05) is 20.8 Å². The largest absolute Gasteiger partial charge is 0.380 e. The van der Waals surface area contributed by atoms with Crippen molar-refractivity contribution in [3.05, 3.63) is 0 Å². The normalized spacial score (nSPS) is 28.1. The second-order valence-corrected chi connectivity index (χ2v) is 6.79. The van der Waals surface area contributed by atoms with Gasteiger partial charge in [-0.05, 0) is 56.4 Å². The lowest BCUT2D eigenvalue weighted by Gasteiger charge is -2.37. The van der Waals surface area contributed by atoms with Crippen LogP contribution in [-0.4, -0.2) is 26.3 Å². The molecule has 0 aromatic heterocycles. The molecule has 0 saturated heterocycles. The van der Waals surface area contributed by atoms with Crippen molar-refractivity contribution in [3.8, 4) is 0 Å². The summed E-state index contributed by atoms with van der Waals surface area (Å²) in [7, 11) is 1.78. The highest BCUT2D eigenvalue weighted by atomic mass is 16.5. The van der Waals surface area contributed by atoms with E-state index in [4.69, 9.17) is 4.74 Å². The van der Waals surface area contributed by atoms with E-state index in [1.54, 1.807) is 7.11 Å². The molecule has 0 radical (unpaired) electrons. The van der Waals surface area contributed by atoms with Gasteiger partial charge < -0.3 is 10.1 Å². The molecule has 2 nitrogen and oxygen atoms in total. The second kappa shape index (κ2) is 6.75. The van der Waals surface area contributed by atoms with Gasteiger partial charge in [0.15, 0.2) is 0 Å². The predicted molar refractivity (Wildman–Crippen MR) is 74.2 cm³/mol. The molecular formula is C15H31NO. The first kappa shape index (κ1) is 15.0. The molecule has 0 amide bonds. The monoisotopic (exact) mass is 241 g/mol. The molecule has 1 saturated carbocycles. The topological polar surface area (TPSA) is 21.3 Å². The zero-order chi connectivity index (χ0) is 12.9. The van der Waals surface area contributed by atoms with Crippen LogP contribution in [0, 0.1) is 17.3 Å². The van der Waals surface area contributed by atoms with E-state index >= 15 is 0 Å². The van der Waals surface area contributed by atoms with Crippen molar-refractivity contribution in [3.63, 3.8) is 0 Å². The second-order valence-electron chi connectivity index (χ2n) is 6.79. The van der Waals surface area contributed by atoms with E-state index in [2.05, 4.69) is 33.0 Å². The molecule has 0 aliphatic heterocycles. The molecule has 0 spiro atoms. The first-order valence-corrected chi connectivity index (χ1v) is 7.17. The zero-order valence-electron chi connectivity index (χ0n) is 12.4. The summed E-state index contributed by atoms with van der Waals surface area (Å²) in [6.07, 6.45) is 5.96. The Morgan fingerprint density at radius 2 is 1.76 bits per heavy atom. The van der Waals surface area contributed by atoms with Crippen molar-refractivity contribution in [1.82, 2.24) is 5.32 Å². The molecule has 1 N–H and O–H groups in total. The third kappa shape index (κ3) is 5.39. The first-order valence-electron chi connectivity index (χ1n) is 7.17. The molecule has 0 aromatic carbocycles. The maximum Gasteiger partial charge on any atom is 0.0667 e. The van der Waals surface area contributed by atoms with Crippen molar-refractivity contribution in [2.24, 2.45) is 17.3 Å². The smallest absolute Gasteiger partial charge is 0.0667 e. The molecule has 0 heterocycles.